The Bertz CT molecular complexity index is 732. The predicted molar refractivity (Wildman–Crippen MR) is 97.0 cm³/mol. The Balaban J connectivity index is 1.64. The minimum absolute atomic E-state index is 0.0726. The molecule has 0 radical (unpaired) electrons. The van der Waals surface area contributed by atoms with Gasteiger partial charge in [0.1, 0.15) is 4.88 Å². The van der Waals surface area contributed by atoms with E-state index in [1.807, 2.05) is 23.6 Å². The third-order valence-electron chi connectivity index (χ3n) is 4.39. The lowest BCUT2D eigenvalue weighted by atomic mass is 10.00. The zero-order valence-electron chi connectivity index (χ0n) is 14.1. The molecule has 3 rings (SSSR count). The average molecular weight is 359 g/mol. The third kappa shape index (κ3) is 4.27. The number of carbonyl (C=O) groups is 2. The highest BCUT2D eigenvalue weighted by Gasteiger charge is 2.17. The highest BCUT2D eigenvalue weighted by Crippen LogP contribution is 2.29. The number of nitrogens with one attached hydrogen (secondary N) is 1. The third-order valence-corrected chi connectivity index (χ3v) is 5.28. The molecule has 1 fully saturated rings. The van der Waals surface area contributed by atoms with Gasteiger partial charge in [-0.1, -0.05) is 12.1 Å². The van der Waals surface area contributed by atoms with Crippen molar-refractivity contribution in [3.63, 3.8) is 0 Å². The highest BCUT2D eigenvalue weighted by atomic mass is 32.1. The summed E-state index contributed by atoms with van der Waals surface area (Å²) in [5, 5.41) is 4.85. The van der Waals surface area contributed by atoms with Gasteiger partial charge in [0.25, 0.3) is 5.91 Å². The van der Waals surface area contributed by atoms with E-state index in [1.54, 1.807) is 12.1 Å². The van der Waals surface area contributed by atoms with Gasteiger partial charge in [-0.2, -0.15) is 0 Å². The molecular formula is C19H21NO4S. The second kappa shape index (κ2) is 8.27. The van der Waals surface area contributed by atoms with Gasteiger partial charge in [-0.3, -0.25) is 4.79 Å². The van der Waals surface area contributed by atoms with Crippen LogP contribution in [0.25, 0.3) is 11.1 Å². The first-order valence-corrected chi connectivity index (χ1v) is 9.19. The number of methoxy groups -OCH3 is 1. The fraction of sp³-hybridized carbons (Fsp3) is 0.368. The molecule has 2 aromatic rings. The Morgan fingerprint density at radius 1 is 1.20 bits per heavy atom. The molecule has 1 aromatic heterocycles. The fourth-order valence-electron chi connectivity index (χ4n) is 2.88. The van der Waals surface area contributed by atoms with Gasteiger partial charge in [-0.25, -0.2) is 4.79 Å². The molecule has 0 unspecified atom stereocenters. The van der Waals surface area contributed by atoms with Crippen molar-refractivity contribution >= 4 is 23.2 Å². The smallest absolute Gasteiger partial charge is 0.348 e. The number of rotatable bonds is 5. The van der Waals surface area contributed by atoms with Crippen LogP contribution in [0.2, 0.25) is 0 Å². The normalized spacial score (nSPS) is 14.9. The molecule has 0 atom stereocenters. The SMILES string of the molecule is COC(=O)c1sccc1-c1ccc(C(=O)NCC2CCOCC2)cc1. The van der Waals surface area contributed by atoms with Crippen LogP contribution in [0.4, 0.5) is 0 Å². The summed E-state index contributed by atoms with van der Waals surface area (Å²) in [6.07, 6.45) is 1.99. The number of hydrogen-bond acceptors (Lipinski definition) is 5. The van der Waals surface area contributed by atoms with Crippen LogP contribution in [0.15, 0.2) is 35.7 Å². The molecule has 1 aromatic carbocycles. The van der Waals surface area contributed by atoms with E-state index < -0.39 is 0 Å². The average Bonchev–Trinajstić information content (AvgIpc) is 3.16. The number of ether oxygens (including phenoxy) is 2. The van der Waals surface area contributed by atoms with Crippen LogP contribution in [0, 0.1) is 5.92 Å². The first kappa shape index (κ1) is 17.6. The van der Waals surface area contributed by atoms with E-state index in [-0.39, 0.29) is 11.9 Å². The van der Waals surface area contributed by atoms with Crippen molar-refractivity contribution in [3.8, 4) is 11.1 Å². The summed E-state index contributed by atoms with van der Waals surface area (Å²) in [4.78, 5) is 24.7. The zero-order chi connectivity index (χ0) is 17.6. The van der Waals surface area contributed by atoms with Crippen molar-refractivity contribution in [2.75, 3.05) is 26.9 Å². The number of thiophene rings is 1. The molecule has 0 bridgehead atoms. The summed E-state index contributed by atoms with van der Waals surface area (Å²) in [6.45, 7) is 2.23. The van der Waals surface area contributed by atoms with Crippen molar-refractivity contribution in [1.29, 1.82) is 0 Å². The molecule has 5 nitrogen and oxygen atoms in total. The molecule has 1 amide bonds. The first-order chi connectivity index (χ1) is 12.2. The Hall–Kier alpha value is -2.18. The maximum atomic E-state index is 12.3. The number of esters is 1. The minimum Gasteiger partial charge on any atom is -0.465 e. The van der Waals surface area contributed by atoms with Crippen LogP contribution in [-0.2, 0) is 9.47 Å². The Labute approximate surface area is 151 Å². The topological polar surface area (TPSA) is 64.6 Å². The molecular weight excluding hydrogens is 338 g/mol. The summed E-state index contributed by atoms with van der Waals surface area (Å²) in [5.74, 6) is 0.0743. The number of hydrogen-bond donors (Lipinski definition) is 1. The van der Waals surface area contributed by atoms with Crippen molar-refractivity contribution in [3.05, 3.63) is 46.2 Å². The van der Waals surface area contributed by atoms with Crippen LogP contribution in [-0.4, -0.2) is 38.7 Å². The summed E-state index contributed by atoms with van der Waals surface area (Å²) in [6, 6.07) is 9.17. The van der Waals surface area contributed by atoms with Crippen molar-refractivity contribution in [1.82, 2.24) is 5.32 Å². The Morgan fingerprint density at radius 2 is 1.92 bits per heavy atom. The molecule has 132 valence electrons. The molecule has 1 N–H and O–H groups in total. The largest absolute Gasteiger partial charge is 0.465 e. The maximum Gasteiger partial charge on any atom is 0.348 e. The second-order valence-corrected chi connectivity index (χ2v) is 6.91. The maximum absolute atomic E-state index is 12.3. The fourth-order valence-corrected chi connectivity index (χ4v) is 3.71. The monoisotopic (exact) mass is 359 g/mol. The van der Waals surface area contributed by atoms with Crippen LogP contribution in [0.3, 0.4) is 0 Å². The van der Waals surface area contributed by atoms with Crippen LogP contribution >= 0.6 is 11.3 Å². The van der Waals surface area contributed by atoms with Crippen LogP contribution < -0.4 is 5.32 Å². The van der Waals surface area contributed by atoms with Gasteiger partial charge in [0, 0.05) is 30.9 Å². The van der Waals surface area contributed by atoms with Crippen LogP contribution in [0.5, 0.6) is 0 Å². The van der Waals surface area contributed by atoms with E-state index in [1.165, 1.54) is 18.4 Å². The van der Waals surface area contributed by atoms with Gasteiger partial charge in [0.2, 0.25) is 0 Å². The van der Waals surface area contributed by atoms with Gasteiger partial charge >= 0.3 is 5.97 Å². The molecule has 0 saturated carbocycles. The molecule has 6 heteroatoms. The van der Waals surface area contributed by atoms with Gasteiger partial charge in [-0.15, -0.1) is 11.3 Å². The molecule has 1 aliphatic rings. The van der Waals surface area contributed by atoms with E-state index in [0.29, 0.717) is 22.9 Å². The second-order valence-electron chi connectivity index (χ2n) is 6.00. The standard InChI is InChI=1S/C19H21NO4S/c1-23-19(22)17-16(8-11-25-17)14-2-4-15(5-3-14)18(21)20-12-13-6-9-24-10-7-13/h2-5,8,11,13H,6-7,9-10,12H2,1H3,(H,20,21). The van der Waals surface area contributed by atoms with Crippen LogP contribution in [0.1, 0.15) is 32.9 Å². The van der Waals surface area contributed by atoms with E-state index in [0.717, 1.165) is 37.2 Å². The molecule has 0 spiro atoms. The Morgan fingerprint density at radius 3 is 2.60 bits per heavy atom. The van der Waals surface area contributed by atoms with Gasteiger partial charge in [0.15, 0.2) is 0 Å². The summed E-state index contributed by atoms with van der Waals surface area (Å²) >= 11 is 1.35. The summed E-state index contributed by atoms with van der Waals surface area (Å²) in [5.41, 5.74) is 2.33. The number of amides is 1. The van der Waals surface area contributed by atoms with Gasteiger partial charge in [0.05, 0.1) is 7.11 Å². The predicted octanol–water partition coefficient (Wildman–Crippen LogP) is 3.36. The molecule has 0 aliphatic carbocycles. The van der Waals surface area contributed by atoms with E-state index in [2.05, 4.69) is 5.32 Å². The molecule has 25 heavy (non-hydrogen) atoms. The van der Waals surface area contributed by atoms with E-state index in [4.69, 9.17) is 9.47 Å². The highest BCUT2D eigenvalue weighted by molar-refractivity contribution is 7.12. The lowest BCUT2D eigenvalue weighted by Crippen LogP contribution is -2.32. The lowest BCUT2D eigenvalue weighted by molar-refractivity contribution is 0.0607. The molecule has 1 aliphatic heterocycles. The quantitative estimate of drug-likeness (QED) is 0.832. The zero-order valence-corrected chi connectivity index (χ0v) is 14.9. The van der Waals surface area contributed by atoms with Crippen molar-refractivity contribution in [2.45, 2.75) is 12.8 Å². The van der Waals surface area contributed by atoms with E-state index >= 15 is 0 Å². The van der Waals surface area contributed by atoms with E-state index in [9.17, 15) is 9.59 Å². The number of carbonyl (C=O) groups excluding carboxylic acids is 2. The van der Waals surface area contributed by atoms with Crippen molar-refractivity contribution < 1.29 is 19.1 Å². The lowest BCUT2D eigenvalue weighted by Gasteiger charge is -2.22. The van der Waals surface area contributed by atoms with Gasteiger partial charge in [-0.05, 0) is 47.9 Å². The summed E-state index contributed by atoms with van der Waals surface area (Å²) in [7, 11) is 1.37. The minimum atomic E-state index is -0.344. The van der Waals surface area contributed by atoms with Gasteiger partial charge < -0.3 is 14.8 Å². The Kier molecular flexibility index (Phi) is 5.83. The summed E-state index contributed by atoms with van der Waals surface area (Å²) < 4.78 is 10.1. The number of benzene rings is 1. The molecule has 2 heterocycles. The van der Waals surface area contributed by atoms with Crippen molar-refractivity contribution in [2.24, 2.45) is 5.92 Å². The first-order valence-electron chi connectivity index (χ1n) is 8.31. The molecule has 1 saturated heterocycles.